The van der Waals surface area contributed by atoms with Crippen LogP contribution >= 0.6 is 0 Å². The van der Waals surface area contributed by atoms with Gasteiger partial charge in [0.15, 0.2) is 0 Å². The third-order valence-electron chi connectivity index (χ3n) is 5.21. The van der Waals surface area contributed by atoms with Gasteiger partial charge in [-0.05, 0) is 31.2 Å². The first-order valence-electron chi connectivity index (χ1n) is 11.2. The highest BCUT2D eigenvalue weighted by Crippen LogP contribution is 2.07. The predicted molar refractivity (Wildman–Crippen MR) is 125 cm³/mol. The molecule has 194 valence electrons. The van der Waals surface area contributed by atoms with Crippen LogP contribution in [-0.4, -0.2) is 75.3 Å². The van der Waals surface area contributed by atoms with Gasteiger partial charge in [0.1, 0.15) is 18.1 Å². The van der Waals surface area contributed by atoms with E-state index in [4.69, 9.17) is 10.8 Å². The molecule has 0 aliphatic heterocycles. The highest BCUT2D eigenvalue weighted by atomic mass is 16.4. The molecule has 0 spiro atoms. The van der Waals surface area contributed by atoms with E-state index in [0.29, 0.717) is 0 Å². The Morgan fingerprint density at radius 1 is 0.857 bits per heavy atom. The van der Waals surface area contributed by atoms with Crippen LogP contribution in [0.1, 0.15) is 39.2 Å². The zero-order valence-corrected chi connectivity index (χ0v) is 19.9. The summed E-state index contributed by atoms with van der Waals surface area (Å²) in [6.45, 7) is 4.39. The molecule has 8 N–H and O–H groups in total. The Hall–Kier alpha value is -3.51. The van der Waals surface area contributed by atoms with Gasteiger partial charge in [0.25, 0.3) is 0 Å². The molecule has 1 aromatic carbocycles. The molecule has 0 saturated carbocycles. The quantitative estimate of drug-likeness (QED) is 0.169. The van der Waals surface area contributed by atoms with E-state index in [9.17, 15) is 34.2 Å². The van der Waals surface area contributed by atoms with Gasteiger partial charge in [0.05, 0.1) is 12.1 Å². The van der Waals surface area contributed by atoms with E-state index in [1.165, 1.54) is 6.92 Å². The number of nitrogens with two attached hydrogens (primary N) is 1. The van der Waals surface area contributed by atoms with Crippen molar-refractivity contribution >= 4 is 29.7 Å². The summed E-state index contributed by atoms with van der Waals surface area (Å²) in [5.74, 6) is -5.59. The number of amides is 3. The molecule has 0 aliphatic carbocycles. The Morgan fingerprint density at radius 3 is 1.91 bits per heavy atom. The van der Waals surface area contributed by atoms with Gasteiger partial charge in [0, 0.05) is 6.42 Å². The number of nitrogens with one attached hydrogen (secondary N) is 3. The summed E-state index contributed by atoms with van der Waals surface area (Å²) in [5, 5.41) is 35.3. The first kappa shape index (κ1) is 29.5. The number of aliphatic hydroxyl groups is 1. The van der Waals surface area contributed by atoms with Crippen LogP contribution in [0.3, 0.4) is 0 Å². The number of carbonyl (C=O) groups excluding carboxylic acids is 3. The van der Waals surface area contributed by atoms with E-state index in [0.717, 1.165) is 5.56 Å². The van der Waals surface area contributed by atoms with Crippen LogP contribution in [0.5, 0.6) is 0 Å². The lowest BCUT2D eigenvalue weighted by molar-refractivity contribution is -0.144. The number of aliphatic carboxylic acids is 2. The fourth-order valence-electron chi connectivity index (χ4n) is 3.19. The van der Waals surface area contributed by atoms with Crippen molar-refractivity contribution in [3.8, 4) is 0 Å². The molecule has 35 heavy (non-hydrogen) atoms. The smallest absolute Gasteiger partial charge is 0.326 e. The summed E-state index contributed by atoms with van der Waals surface area (Å²) >= 11 is 0. The van der Waals surface area contributed by atoms with Gasteiger partial charge in [-0.3, -0.25) is 19.2 Å². The number of hydrogen-bond acceptors (Lipinski definition) is 7. The monoisotopic (exact) mass is 494 g/mol. The molecular weight excluding hydrogens is 460 g/mol. The SMILES string of the molecule is CC(C)C(NC(=O)C(CCC(=O)O)NC(=O)C(NC(=O)C(N)Cc1ccccc1)C(C)O)C(=O)O. The topological polar surface area (TPSA) is 208 Å². The molecule has 0 bridgehead atoms. The lowest BCUT2D eigenvalue weighted by atomic mass is 10.0. The predicted octanol–water partition coefficient (Wildman–Crippen LogP) is -1.00. The maximum absolute atomic E-state index is 12.8. The zero-order chi connectivity index (χ0) is 26.7. The van der Waals surface area contributed by atoms with E-state index in [1.807, 2.05) is 0 Å². The minimum absolute atomic E-state index is 0.177. The molecule has 12 nitrogen and oxygen atoms in total. The highest BCUT2D eigenvalue weighted by Gasteiger charge is 2.33. The van der Waals surface area contributed by atoms with Crippen molar-refractivity contribution in [3.05, 3.63) is 35.9 Å². The third-order valence-corrected chi connectivity index (χ3v) is 5.21. The molecular formula is C23H34N4O8. The molecule has 0 heterocycles. The molecule has 0 saturated heterocycles. The fraction of sp³-hybridized carbons (Fsp3) is 0.522. The summed E-state index contributed by atoms with van der Waals surface area (Å²) in [4.78, 5) is 60.5. The fourth-order valence-corrected chi connectivity index (χ4v) is 3.19. The summed E-state index contributed by atoms with van der Waals surface area (Å²) in [6.07, 6.45) is -2.04. The minimum atomic E-state index is -1.50. The van der Waals surface area contributed by atoms with Gasteiger partial charge >= 0.3 is 11.9 Å². The normalized spacial score (nSPS) is 15.3. The lowest BCUT2D eigenvalue weighted by Gasteiger charge is -2.27. The molecule has 5 atom stereocenters. The van der Waals surface area contributed by atoms with Crippen LogP contribution in [0.25, 0.3) is 0 Å². The zero-order valence-electron chi connectivity index (χ0n) is 19.9. The summed E-state index contributed by atoms with van der Waals surface area (Å²) < 4.78 is 0. The van der Waals surface area contributed by atoms with Gasteiger partial charge in [-0.25, -0.2) is 4.79 Å². The van der Waals surface area contributed by atoms with Crippen LogP contribution < -0.4 is 21.7 Å². The second-order valence-electron chi connectivity index (χ2n) is 8.59. The van der Waals surface area contributed by atoms with E-state index in [-0.39, 0.29) is 12.8 Å². The molecule has 0 radical (unpaired) electrons. The van der Waals surface area contributed by atoms with Crippen LogP contribution in [0.4, 0.5) is 0 Å². The Balaban J connectivity index is 2.95. The Labute approximate surface area is 203 Å². The highest BCUT2D eigenvalue weighted by molar-refractivity contribution is 5.94. The molecule has 0 fully saturated rings. The van der Waals surface area contributed by atoms with Crippen molar-refractivity contribution in [2.24, 2.45) is 11.7 Å². The Morgan fingerprint density at radius 2 is 1.43 bits per heavy atom. The summed E-state index contributed by atoms with van der Waals surface area (Å²) in [7, 11) is 0. The van der Waals surface area contributed by atoms with Crippen molar-refractivity contribution in [2.75, 3.05) is 0 Å². The van der Waals surface area contributed by atoms with Gasteiger partial charge in [-0.2, -0.15) is 0 Å². The van der Waals surface area contributed by atoms with Crippen LogP contribution in [-0.2, 0) is 30.4 Å². The molecule has 1 rings (SSSR count). The van der Waals surface area contributed by atoms with Crippen molar-refractivity contribution in [1.29, 1.82) is 0 Å². The molecule has 3 amide bonds. The number of aliphatic hydroxyl groups excluding tert-OH is 1. The van der Waals surface area contributed by atoms with Crippen LogP contribution in [0.15, 0.2) is 30.3 Å². The van der Waals surface area contributed by atoms with Crippen LogP contribution in [0.2, 0.25) is 0 Å². The molecule has 12 heteroatoms. The number of carbonyl (C=O) groups is 5. The Bertz CT molecular complexity index is 891. The van der Waals surface area contributed by atoms with Crippen molar-refractivity contribution in [1.82, 2.24) is 16.0 Å². The number of carboxylic acid groups (broad SMARTS) is 2. The Kier molecular flexibility index (Phi) is 11.8. The summed E-state index contributed by atoms with van der Waals surface area (Å²) in [5.41, 5.74) is 6.72. The van der Waals surface area contributed by atoms with Crippen molar-refractivity contribution < 1.29 is 39.3 Å². The first-order chi connectivity index (χ1) is 16.3. The van der Waals surface area contributed by atoms with Gasteiger partial charge < -0.3 is 37.0 Å². The largest absolute Gasteiger partial charge is 0.481 e. The number of carboxylic acids is 2. The first-order valence-corrected chi connectivity index (χ1v) is 11.2. The number of rotatable bonds is 14. The van der Waals surface area contributed by atoms with Gasteiger partial charge in [0.2, 0.25) is 17.7 Å². The average Bonchev–Trinajstić information content (AvgIpc) is 2.77. The third kappa shape index (κ3) is 10.1. The van der Waals surface area contributed by atoms with E-state index in [2.05, 4.69) is 16.0 Å². The lowest BCUT2D eigenvalue weighted by Crippen LogP contribution is -2.60. The standard InChI is InChI=1S/C23H34N4O8/c1-12(2)18(23(34)35)26-21(32)16(9-10-17(29)30)25-22(33)19(13(3)28)27-20(31)15(24)11-14-7-5-4-6-8-14/h4-8,12-13,15-16,18-19,28H,9-11,24H2,1-3H3,(H,25,33)(H,26,32)(H,27,31)(H,29,30)(H,34,35). The van der Waals surface area contributed by atoms with Gasteiger partial charge in [-0.15, -0.1) is 0 Å². The number of benzene rings is 1. The maximum atomic E-state index is 12.8. The van der Waals surface area contributed by atoms with Crippen molar-refractivity contribution in [3.63, 3.8) is 0 Å². The second kappa shape index (κ2) is 14.0. The molecule has 1 aromatic rings. The molecule has 0 aromatic heterocycles. The van der Waals surface area contributed by atoms with Crippen LogP contribution in [0, 0.1) is 5.92 Å². The second-order valence-corrected chi connectivity index (χ2v) is 8.59. The minimum Gasteiger partial charge on any atom is -0.481 e. The van der Waals surface area contributed by atoms with Crippen molar-refractivity contribution in [2.45, 2.75) is 70.3 Å². The summed E-state index contributed by atoms with van der Waals surface area (Å²) in [6, 6.07) is 3.71. The molecule has 0 aliphatic rings. The van der Waals surface area contributed by atoms with E-state index < -0.39 is 72.3 Å². The number of hydrogen-bond donors (Lipinski definition) is 7. The molecule has 5 unspecified atom stereocenters. The average molecular weight is 495 g/mol. The van der Waals surface area contributed by atoms with Gasteiger partial charge in [-0.1, -0.05) is 44.2 Å². The van der Waals surface area contributed by atoms with E-state index >= 15 is 0 Å². The maximum Gasteiger partial charge on any atom is 0.326 e. The van der Waals surface area contributed by atoms with E-state index in [1.54, 1.807) is 44.2 Å².